The second-order valence-electron chi connectivity index (χ2n) is 8.32. The van der Waals surface area contributed by atoms with E-state index in [1.165, 1.54) is 11.8 Å². The Morgan fingerprint density at radius 2 is 2.03 bits per heavy atom. The first-order valence-electron chi connectivity index (χ1n) is 11.6. The summed E-state index contributed by atoms with van der Waals surface area (Å²) in [5.74, 6) is 0.164. The summed E-state index contributed by atoms with van der Waals surface area (Å²) in [6.07, 6.45) is 5.98. The number of esters is 1. The van der Waals surface area contributed by atoms with Crippen molar-refractivity contribution in [3.05, 3.63) is 75.2 Å². The summed E-state index contributed by atoms with van der Waals surface area (Å²) in [5.41, 5.74) is 3.21. The van der Waals surface area contributed by atoms with Gasteiger partial charge in [-0.15, -0.1) is 0 Å². The minimum Gasteiger partial charge on any atom is -0.466 e. The van der Waals surface area contributed by atoms with E-state index in [2.05, 4.69) is 21.8 Å². The third-order valence-corrected chi connectivity index (χ3v) is 6.15. The molecule has 4 rings (SSSR count). The number of aromatic nitrogens is 3. The van der Waals surface area contributed by atoms with E-state index >= 15 is 0 Å². The van der Waals surface area contributed by atoms with Gasteiger partial charge in [0.25, 0.3) is 5.91 Å². The topological polar surface area (TPSA) is 98.1 Å². The van der Waals surface area contributed by atoms with Gasteiger partial charge in [0.1, 0.15) is 5.82 Å². The molecule has 1 aliphatic rings. The normalized spacial score (nSPS) is 13.5. The van der Waals surface area contributed by atoms with Gasteiger partial charge >= 0.3 is 5.97 Å². The Bertz CT molecular complexity index is 1190. The maximum absolute atomic E-state index is 13.0. The van der Waals surface area contributed by atoms with E-state index in [9.17, 15) is 9.59 Å². The Morgan fingerprint density at radius 3 is 2.80 bits per heavy atom. The van der Waals surface area contributed by atoms with Crippen LogP contribution in [0, 0.1) is 0 Å². The second-order valence-corrected chi connectivity index (χ2v) is 9.19. The molecule has 35 heavy (non-hydrogen) atoms. The van der Waals surface area contributed by atoms with Crippen LogP contribution >= 0.6 is 23.2 Å². The van der Waals surface area contributed by atoms with Crippen molar-refractivity contribution < 1.29 is 14.3 Å². The van der Waals surface area contributed by atoms with E-state index < -0.39 is 12.0 Å². The summed E-state index contributed by atoms with van der Waals surface area (Å²) in [4.78, 5) is 29.8. The third-order valence-electron chi connectivity index (χ3n) is 5.71. The zero-order chi connectivity index (χ0) is 24.8. The van der Waals surface area contributed by atoms with Crippen molar-refractivity contribution in [2.45, 2.75) is 45.2 Å². The predicted octanol–water partition coefficient (Wildman–Crippen LogP) is 4.61. The molecule has 0 unspecified atom stereocenters. The lowest BCUT2D eigenvalue weighted by Crippen LogP contribution is -2.30. The van der Waals surface area contributed by atoms with Crippen LogP contribution in [0.3, 0.4) is 0 Å². The number of nitrogens with one attached hydrogen (secondary N) is 2. The molecule has 2 N–H and O–H groups in total. The number of carbonyl (C=O) groups is 2. The molecular weight excluding hydrogens is 489 g/mol. The lowest BCUT2D eigenvalue weighted by molar-refractivity contribution is -0.143. The second kappa shape index (κ2) is 11.6. The lowest BCUT2D eigenvalue weighted by Gasteiger charge is -2.19. The van der Waals surface area contributed by atoms with Crippen molar-refractivity contribution in [2.75, 3.05) is 18.5 Å². The van der Waals surface area contributed by atoms with Crippen molar-refractivity contribution in [2.24, 2.45) is 0 Å². The highest BCUT2D eigenvalue weighted by atomic mass is 35.5. The van der Waals surface area contributed by atoms with Gasteiger partial charge in [0, 0.05) is 41.4 Å². The molecule has 0 fully saturated rings. The third kappa shape index (κ3) is 6.74. The first-order valence-corrected chi connectivity index (χ1v) is 12.3. The molecule has 0 saturated heterocycles. The number of ether oxygens (including phenoxy) is 1. The quantitative estimate of drug-likeness (QED) is 0.403. The SMILES string of the molecule is CCOC(=O)C[C@H](NC(=O)c1cnn(CCc2ccc3c(n2)NCCC3)c1)c1cc(Cl)cc(Cl)c1. The molecule has 3 aromatic rings. The van der Waals surface area contributed by atoms with Crippen LogP contribution in [-0.4, -0.2) is 39.8 Å². The minimum atomic E-state index is -0.659. The van der Waals surface area contributed by atoms with Crippen LogP contribution in [0.5, 0.6) is 0 Å². The Morgan fingerprint density at radius 1 is 1.23 bits per heavy atom. The molecule has 1 amide bonds. The number of carbonyl (C=O) groups excluding carboxylic acids is 2. The molecule has 0 spiro atoms. The number of benzene rings is 1. The maximum atomic E-state index is 13.0. The summed E-state index contributed by atoms with van der Waals surface area (Å²) in [7, 11) is 0. The fourth-order valence-electron chi connectivity index (χ4n) is 4.00. The van der Waals surface area contributed by atoms with Crippen molar-refractivity contribution in [1.82, 2.24) is 20.1 Å². The van der Waals surface area contributed by atoms with Crippen LogP contribution in [0.15, 0.2) is 42.7 Å². The number of rotatable bonds is 9. The van der Waals surface area contributed by atoms with Gasteiger partial charge in [0.15, 0.2) is 0 Å². The predicted molar refractivity (Wildman–Crippen MR) is 135 cm³/mol. The van der Waals surface area contributed by atoms with E-state index in [1.54, 1.807) is 36.0 Å². The van der Waals surface area contributed by atoms with Gasteiger partial charge in [-0.2, -0.15) is 5.10 Å². The molecule has 0 saturated carbocycles. The van der Waals surface area contributed by atoms with Crippen LogP contribution < -0.4 is 10.6 Å². The average molecular weight is 516 g/mol. The number of hydrogen-bond donors (Lipinski definition) is 2. The molecule has 184 valence electrons. The zero-order valence-corrected chi connectivity index (χ0v) is 20.9. The number of fused-ring (bicyclic) bond motifs is 1. The van der Waals surface area contributed by atoms with E-state index in [4.69, 9.17) is 32.9 Å². The van der Waals surface area contributed by atoms with Gasteiger partial charge in [0.2, 0.25) is 0 Å². The van der Waals surface area contributed by atoms with E-state index in [1.807, 2.05) is 6.07 Å². The average Bonchev–Trinajstić information content (AvgIpc) is 3.31. The van der Waals surface area contributed by atoms with Crippen molar-refractivity contribution in [3.63, 3.8) is 0 Å². The fourth-order valence-corrected chi connectivity index (χ4v) is 4.54. The van der Waals surface area contributed by atoms with E-state index in [-0.39, 0.29) is 18.9 Å². The summed E-state index contributed by atoms with van der Waals surface area (Å²) in [6.45, 7) is 3.50. The number of hydrogen-bond acceptors (Lipinski definition) is 6. The van der Waals surface area contributed by atoms with Crippen molar-refractivity contribution in [3.8, 4) is 0 Å². The number of anilines is 1. The molecule has 0 radical (unpaired) electrons. The van der Waals surface area contributed by atoms with Crippen molar-refractivity contribution >= 4 is 40.9 Å². The molecule has 1 atom stereocenters. The highest BCUT2D eigenvalue weighted by Crippen LogP contribution is 2.26. The molecule has 1 aromatic carbocycles. The molecule has 1 aliphatic heterocycles. The molecular formula is C25H27Cl2N5O3. The van der Waals surface area contributed by atoms with Crippen LogP contribution in [0.25, 0.3) is 0 Å². The fraction of sp³-hybridized carbons (Fsp3) is 0.360. The van der Waals surface area contributed by atoms with Gasteiger partial charge in [-0.05, 0) is 55.2 Å². The molecule has 8 nitrogen and oxygen atoms in total. The Balaban J connectivity index is 1.42. The number of pyridine rings is 1. The van der Waals surface area contributed by atoms with Crippen LogP contribution in [0.2, 0.25) is 10.0 Å². The van der Waals surface area contributed by atoms with Gasteiger partial charge < -0.3 is 15.4 Å². The smallest absolute Gasteiger partial charge is 0.308 e. The summed E-state index contributed by atoms with van der Waals surface area (Å²) in [5, 5.41) is 11.4. The summed E-state index contributed by atoms with van der Waals surface area (Å²) >= 11 is 12.3. The number of halogens is 2. The van der Waals surface area contributed by atoms with Gasteiger partial charge in [0.05, 0.1) is 30.8 Å². The first-order chi connectivity index (χ1) is 16.9. The molecule has 3 heterocycles. The monoisotopic (exact) mass is 515 g/mol. The van der Waals surface area contributed by atoms with Crippen LogP contribution in [-0.2, 0) is 28.9 Å². The van der Waals surface area contributed by atoms with Crippen LogP contribution in [0.4, 0.5) is 5.82 Å². The molecule has 10 heteroatoms. The Hall–Kier alpha value is -3.10. The largest absolute Gasteiger partial charge is 0.466 e. The molecule has 2 aromatic heterocycles. The van der Waals surface area contributed by atoms with E-state index in [0.29, 0.717) is 34.1 Å². The number of nitrogens with zero attached hydrogens (tertiary/aromatic N) is 3. The Labute approximate surface area is 214 Å². The molecule has 0 aliphatic carbocycles. The summed E-state index contributed by atoms with van der Waals surface area (Å²) in [6, 6.07) is 8.43. The van der Waals surface area contributed by atoms with E-state index in [0.717, 1.165) is 30.9 Å². The molecule has 0 bridgehead atoms. The number of aryl methyl sites for hydroxylation is 3. The van der Waals surface area contributed by atoms with Gasteiger partial charge in [-0.25, -0.2) is 4.98 Å². The van der Waals surface area contributed by atoms with Crippen molar-refractivity contribution in [1.29, 1.82) is 0 Å². The van der Waals surface area contributed by atoms with Crippen LogP contribution in [0.1, 0.15) is 53.0 Å². The Kier molecular flexibility index (Phi) is 8.25. The first kappa shape index (κ1) is 25.0. The maximum Gasteiger partial charge on any atom is 0.308 e. The minimum absolute atomic E-state index is 0.0532. The zero-order valence-electron chi connectivity index (χ0n) is 19.4. The summed E-state index contributed by atoms with van der Waals surface area (Å²) < 4.78 is 6.78. The number of amides is 1. The lowest BCUT2D eigenvalue weighted by atomic mass is 10.0. The highest BCUT2D eigenvalue weighted by molar-refractivity contribution is 6.34. The highest BCUT2D eigenvalue weighted by Gasteiger charge is 2.22. The standard InChI is InChI=1S/C25H27Cl2N5O3/c1-2-35-23(33)13-22(17-10-19(26)12-20(27)11-17)31-25(34)18-14-29-32(15-18)9-7-21-6-5-16-4-3-8-28-24(16)30-21/h5-6,10-12,14-15,22H,2-4,7-9,13H2,1H3,(H,28,30)(H,31,34)/t22-/m0/s1. The van der Waals surface area contributed by atoms with Gasteiger partial charge in [-0.1, -0.05) is 29.3 Å². The van der Waals surface area contributed by atoms with Gasteiger partial charge in [-0.3, -0.25) is 14.3 Å².